The van der Waals surface area contributed by atoms with Crippen LogP contribution in [0.4, 0.5) is 0 Å². The highest BCUT2D eigenvalue weighted by Crippen LogP contribution is 2.12. The number of unbranched alkanes of at least 4 members (excludes halogenated alkanes) is 10. The van der Waals surface area contributed by atoms with Gasteiger partial charge in [-0.2, -0.15) is 0 Å². The van der Waals surface area contributed by atoms with Crippen LogP contribution in [0, 0.1) is 0 Å². The first kappa shape index (κ1) is 73.2. The van der Waals surface area contributed by atoms with Crippen LogP contribution in [-0.2, 0) is 28.6 Å². The molecule has 0 N–H and O–H groups in total. The number of hydrogen-bond acceptors (Lipinski definition) is 6. The Balaban J connectivity index is 4.57. The molecule has 0 spiro atoms. The number of hydrogen-bond donors (Lipinski definition) is 0. The maximum Gasteiger partial charge on any atom is 0.306 e. The predicted molar refractivity (Wildman–Crippen MR) is 343 cm³/mol. The van der Waals surface area contributed by atoms with E-state index in [1.54, 1.807) is 0 Å². The third kappa shape index (κ3) is 63.0. The van der Waals surface area contributed by atoms with Gasteiger partial charge in [-0.15, -0.1) is 0 Å². The Morgan fingerprint density at radius 2 is 0.456 bits per heavy atom. The third-order valence-electron chi connectivity index (χ3n) is 12.1. The Labute approximate surface area is 484 Å². The van der Waals surface area contributed by atoms with Gasteiger partial charge in [0.1, 0.15) is 13.2 Å². The molecule has 0 heterocycles. The Morgan fingerprint density at radius 3 is 0.734 bits per heavy atom. The summed E-state index contributed by atoms with van der Waals surface area (Å²) in [4.78, 5) is 38.3. The summed E-state index contributed by atoms with van der Waals surface area (Å²) in [6.45, 7) is 6.19. The molecule has 0 bridgehead atoms. The van der Waals surface area contributed by atoms with Gasteiger partial charge in [0.25, 0.3) is 0 Å². The third-order valence-corrected chi connectivity index (χ3v) is 12.1. The summed E-state index contributed by atoms with van der Waals surface area (Å²) in [5, 5.41) is 0. The average molecular weight is 1080 g/mol. The number of carbonyl (C=O) groups excluding carboxylic acids is 3. The zero-order valence-corrected chi connectivity index (χ0v) is 50.0. The largest absolute Gasteiger partial charge is 0.462 e. The molecule has 0 aliphatic rings. The minimum atomic E-state index is -0.839. The maximum absolute atomic E-state index is 12.9. The lowest BCUT2D eigenvalue weighted by Gasteiger charge is -2.18. The number of rotatable bonds is 53. The molecule has 0 saturated heterocycles. The molecular weight excluding hydrogens is 973 g/mol. The van der Waals surface area contributed by atoms with Crippen LogP contribution < -0.4 is 0 Å². The number of carbonyl (C=O) groups is 3. The molecule has 0 aromatic rings. The summed E-state index contributed by atoms with van der Waals surface area (Å²) in [7, 11) is 0. The van der Waals surface area contributed by atoms with E-state index in [9.17, 15) is 14.4 Å². The fourth-order valence-corrected chi connectivity index (χ4v) is 7.56. The standard InChI is InChI=1S/C73H110O6/c1-4-7-10-13-16-19-22-25-28-30-32-34-35-36-37-39-40-42-45-48-51-54-57-60-63-66-72(75)78-69-70(68-77-71(74)65-62-59-56-53-50-47-44-27-24-21-18-15-12-9-6-3)79-73(76)67-64-61-58-55-52-49-46-43-41-38-33-31-29-26-23-20-17-14-11-8-5-2/h7-12,16-21,25-29,32-34,36-38,40,42-44,46,50,52-53,55,70H,4-6,13-15,22-24,30-31,35,39,41,45,47-49,51,54,56-69H2,1-3H3/b10-7-,11-8-,12-9-,19-16-,20-17-,21-18-,28-25-,29-26-,34-32-,37-36-,38-33-,42-40-,44-27-,46-43-,53-50-,55-52-. The van der Waals surface area contributed by atoms with Gasteiger partial charge in [0, 0.05) is 19.3 Å². The minimum absolute atomic E-state index is 0.128. The van der Waals surface area contributed by atoms with Crippen molar-refractivity contribution in [1.29, 1.82) is 0 Å². The van der Waals surface area contributed by atoms with E-state index in [4.69, 9.17) is 14.2 Å². The summed E-state index contributed by atoms with van der Waals surface area (Å²) < 4.78 is 16.8. The molecule has 6 nitrogen and oxygen atoms in total. The number of allylic oxidation sites excluding steroid dienone is 32. The van der Waals surface area contributed by atoms with Crippen LogP contribution in [0.3, 0.4) is 0 Å². The Hall–Kier alpha value is -5.75. The fourth-order valence-electron chi connectivity index (χ4n) is 7.56. The van der Waals surface area contributed by atoms with Crippen LogP contribution in [0.1, 0.15) is 226 Å². The van der Waals surface area contributed by atoms with Crippen molar-refractivity contribution in [2.24, 2.45) is 0 Å². The molecule has 0 radical (unpaired) electrons. The van der Waals surface area contributed by atoms with Gasteiger partial charge < -0.3 is 14.2 Å². The van der Waals surface area contributed by atoms with Gasteiger partial charge in [-0.05, 0) is 161 Å². The lowest BCUT2D eigenvalue weighted by Crippen LogP contribution is -2.30. The molecule has 438 valence electrons. The van der Waals surface area contributed by atoms with Crippen molar-refractivity contribution in [1.82, 2.24) is 0 Å². The smallest absolute Gasteiger partial charge is 0.306 e. The second-order valence-corrected chi connectivity index (χ2v) is 19.5. The highest BCUT2D eigenvalue weighted by atomic mass is 16.6. The van der Waals surface area contributed by atoms with Gasteiger partial charge in [0.05, 0.1) is 0 Å². The molecule has 0 aromatic heterocycles. The first-order chi connectivity index (χ1) is 39.0. The van der Waals surface area contributed by atoms with E-state index in [-0.39, 0.29) is 44.0 Å². The van der Waals surface area contributed by atoms with Gasteiger partial charge >= 0.3 is 17.9 Å². The monoisotopic (exact) mass is 1080 g/mol. The van der Waals surface area contributed by atoms with E-state index in [1.807, 2.05) is 0 Å². The fraction of sp³-hybridized carbons (Fsp3) is 0.521. The lowest BCUT2D eigenvalue weighted by atomic mass is 10.1. The second-order valence-electron chi connectivity index (χ2n) is 19.5. The summed E-state index contributed by atoms with van der Waals surface area (Å²) in [5.41, 5.74) is 0. The zero-order chi connectivity index (χ0) is 57.1. The molecule has 0 aromatic carbocycles. The van der Waals surface area contributed by atoms with E-state index in [0.29, 0.717) is 19.3 Å². The first-order valence-electron chi connectivity index (χ1n) is 30.9. The summed E-state index contributed by atoms with van der Waals surface area (Å²) in [6, 6.07) is 0. The molecule has 79 heavy (non-hydrogen) atoms. The zero-order valence-electron chi connectivity index (χ0n) is 50.0. The molecule has 0 aliphatic carbocycles. The van der Waals surface area contributed by atoms with E-state index < -0.39 is 6.10 Å². The highest BCUT2D eigenvalue weighted by Gasteiger charge is 2.19. The van der Waals surface area contributed by atoms with E-state index in [2.05, 4.69) is 215 Å². The van der Waals surface area contributed by atoms with Crippen molar-refractivity contribution in [3.8, 4) is 0 Å². The normalized spacial score (nSPS) is 13.5. The van der Waals surface area contributed by atoms with Crippen molar-refractivity contribution in [2.75, 3.05) is 13.2 Å². The van der Waals surface area contributed by atoms with E-state index >= 15 is 0 Å². The molecule has 1 atom stereocenters. The highest BCUT2D eigenvalue weighted by molar-refractivity contribution is 5.71. The van der Waals surface area contributed by atoms with Crippen LogP contribution in [-0.4, -0.2) is 37.2 Å². The van der Waals surface area contributed by atoms with Crippen molar-refractivity contribution in [3.05, 3.63) is 194 Å². The van der Waals surface area contributed by atoms with Gasteiger partial charge in [0.15, 0.2) is 6.10 Å². The van der Waals surface area contributed by atoms with E-state index in [1.165, 1.54) is 12.8 Å². The first-order valence-corrected chi connectivity index (χ1v) is 30.9. The molecule has 6 heteroatoms. The maximum atomic E-state index is 12.9. The van der Waals surface area contributed by atoms with Gasteiger partial charge in [-0.3, -0.25) is 14.4 Å². The summed E-state index contributed by atoms with van der Waals surface area (Å²) in [5.74, 6) is -1.04. The average Bonchev–Trinajstić information content (AvgIpc) is 3.45. The lowest BCUT2D eigenvalue weighted by molar-refractivity contribution is -0.167. The van der Waals surface area contributed by atoms with Crippen LogP contribution in [0.5, 0.6) is 0 Å². The van der Waals surface area contributed by atoms with Crippen molar-refractivity contribution in [2.45, 2.75) is 232 Å². The molecule has 0 aliphatic heterocycles. The van der Waals surface area contributed by atoms with Gasteiger partial charge in [-0.25, -0.2) is 0 Å². The molecule has 1 unspecified atom stereocenters. The quantitative estimate of drug-likeness (QED) is 0.0261. The Bertz CT molecular complexity index is 1920. The van der Waals surface area contributed by atoms with Gasteiger partial charge in [0.2, 0.25) is 0 Å². The molecule has 0 fully saturated rings. The van der Waals surface area contributed by atoms with Crippen molar-refractivity contribution < 1.29 is 28.6 Å². The molecule has 0 amide bonds. The second kappa shape index (κ2) is 64.8. The summed E-state index contributed by atoms with van der Waals surface area (Å²) in [6.07, 6.45) is 98.6. The summed E-state index contributed by atoms with van der Waals surface area (Å²) >= 11 is 0. The Kier molecular flexibility index (Phi) is 60.1. The van der Waals surface area contributed by atoms with Gasteiger partial charge in [-0.1, -0.05) is 241 Å². The van der Waals surface area contributed by atoms with Crippen LogP contribution >= 0.6 is 0 Å². The SMILES string of the molecule is CC/C=C\C/C=C\C/C=C\C/C=C\C/C=C\C/C=C\CCCCCCCCC(=O)OCC(COC(=O)CCCC/C=C\C/C=C\C/C=C\C/C=C\CC)OC(=O)CCCC/C=C\C/C=C\C/C=C\C/C=C\C/C=C\C/C=C\CC. The van der Waals surface area contributed by atoms with E-state index in [0.717, 1.165) is 161 Å². The topological polar surface area (TPSA) is 78.9 Å². The molecule has 0 rings (SSSR count). The number of esters is 3. The van der Waals surface area contributed by atoms with Crippen molar-refractivity contribution >= 4 is 17.9 Å². The van der Waals surface area contributed by atoms with Crippen molar-refractivity contribution in [3.63, 3.8) is 0 Å². The van der Waals surface area contributed by atoms with Crippen LogP contribution in [0.25, 0.3) is 0 Å². The van der Waals surface area contributed by atoms with Crippen LogP contribution in [0.15, 0.2) is 194 Å². The number of ether oxygens (including phenoxy) is 3. The molecular formula is C73H110O6. The minimum Gasteiger partial charge on any atom is -0.462 e. The van der Waals surface area contributed by atoms with Crippen LogP contribution in [0.2, 0.25) is 0 Å². The Morgan fingerprint density at radius 1 is 0.253 bits per heavy atom. The predicted octanol–water partition coefficient (Wildman–Crippen LogP) is 21.4. The molecule has 0 saturated carbocycles.